The van der Waals surface area contributed by atoms with E-state index < -0.39 is 10.0 Å². The number of nitrogens with one attached hydrogen (secondary N) is 2. The Morgan fingerprint density at radius 2 is 1.85 bits per heavy atom. The van der Waals surface area contributed by atoms with Crippen LogP contribution in [0.3, 0.4) is 0 Å². The van der Waals surface area contributed by atoms with E-state index in [1.807, 2.05) is 31.2 Å². The summed E-state index contributed by atoms with van der Waals surface area (Å²) in [7, 11) is -2.10. The fraction of sp³-hybridized carbons (Fsp3) is 0.316. The van der Waals surface area contributed by atoms with Crippen LogP contribution in [0.4, 0.5) is 0 Å². The smallest absolute Gasteiger partial charge is 0.251 e. The quantitative estimate of drug-likeness (QED) is 0.704. The summed E-state index contributed by atoms with van der Waals surface area (Å²) in [6, 6.07) is 13.5. The van der Waals surface area contributed by atoms with Crippen LogP contribution in [0.15, 0.2) is 53.4 Å². The van der Waals surface area contributed by atoms with Crippen LogP contribution >= 0.6 is 0 Å². The Labute approximate surface area is 154 Å². The molecule has 0 bridgehead atoms. The maximum absolute atomic E-state index is 12.5. The molecule has 0 aliphatic carbocycles. The van der Waals surface area contributed by atoms with E-state index in [2.05, 4.69) is 10.0 Å². The van der Waals surface area contributed by atoms with Crippen molar-refractivity contribution in [1.82, 2.24) is 10.0 Å². The monoisotopic (exact) mass is 376 g/mol. The largest absolute Gasteiger partial charge is 0.497 e. The van der Waals surface area contributed by atoms with Crippen LogP contribution in [0.2, 0.25) is 0 Å². The molecular formula is C19H24N2O4S. The van der Waals surface area contributed by atoms with E-state index in [9.17, 15) is 13.2 Å². The van der Waals surface area contributed by atoms with Gasteiger partial charge in [-0.25, -0.2) is 13.1 Å². The van der Waals surface area contributed by atoms with E-state index in [1.165, 1.54) is 12.1 Å². The van der Waals surface area contributed by atoms with Crippen molar-refractivity contribution in [3.63, 3.8) is 0 Å². The predicted octanol–water partition coefficient (Wildman–Crippen LogP) is 2.36. The number of carbonyl (C=O) groups excluding carboxylic acids is 1. The minimum absolute atomic E-state index is 0.0762. The van der Waals surface area contributed by atoms with Crippen molar-refractivity contribution >= 4 is 15.9 Å². The van der Waals surface area contributed by atoms with Crippen molar-refractivity contribution in [3.8, 4) is 5.75 Å². The Kier molecular flexibility index (Phi) is 7.17. The van der Waals surface area contributed by atoms with E-state index >= 15 is 0 Å². The molecule has 2 N–H and O–H groups in total. The van der Waals surface area contributed by atoms with Crippen molar-refractivity contribution in [1.29, 1.82) is 0 Å². The van der Waals surface area contributed by atoms with Gasteiger partial charge < -0.3 is 10.1 Å². The molecule has 0 spiro atoms. The number of ether oxygens (including phenoxy) is 1. The van der Waals surface area contributed by atoms with Gasteiger partial charge in [0.25, 0.3) is 5.91 Å². The molecule has 0 saturated heterocycles. The molecule has 0 aliphatic heterocycles. The molecule has 0 fully saturated rings. The van der Waals surface area contributed by atoms with Gasteiger partial charge in [0.15, 0.2) is 0 Å². The Morgan fingerprint density at radius 3 is 2.58 bits per heavy atom. The summed E-state index contributed by atoms with van der Waals surface area (Å²) in [6.45, 7) is 2.75. The summed E-state index contributed by atoms with van der Waals surface area (Å²) in [5.74, 6) is 0.455. The van der Waals surface area contributed by atoms with Crippen LogP contribution in [-0.4, -0.2) is 34.5 Å². The number of carbonyl (C=O) groups is 1. The summed E-state index contributed by atoms with van der Waals surface area (Å²) in [5, 5.41) is 2.74. The van der Waals surface area contributed by atoms with Gasteiger partial charge in [0.1, 0.15) is 5.75 Å². The van der Waals surface area contributed by atoms with Crippen molar-refractivity contribution < 1.29 is 17.9 Å². The first-order valence-electron chi connectivity index (χ1n) is 8.47. The maximum atomic E-state index is 12.5. The standard InChI is InChI=1S/C19H24N2O4S/c1-3-11-20-19(22)16-7-5-9-18(14-16)26(23,24)21-12-10-15-6-4-8-17(13-15)25-2/h4-9,13-14,21H,3,10-12H2,1-2H3,(H,20,22). The lowest BCUT2D eigenvalue weighted by atomic mass is 10.1. The lowest BCUT2D eigenvalue weighted by Gasteiger charge is -2.09. The van der Waals surface area contributed by atoms with Gasteiger partial charge in [-0.1, -0.05) is 25.1 Å². The SMILES string of the molecule is CCCNC(=O)c1cccc(S(=O)(=O)NCCc2cccc(OC)c2)c1. The van der Waals surface area contributed by atoms with Crippen LogP contribution in [-0.2, 0) is 16.4 Å². The summed E-state index contributed by atoms with van der Waals surface area (Å²) < 4.78 is 32.7. The molecule has 0 aliphatic rings. The number of amides is 1. The molecule has 26 heavy (non-hydrogen) atoms. The second kappa shape index (κ2) is 9.35. The highest BCUT2D eigenvalue weighted by Crippen LogP contribution is 2.14. The number of benzene rings is 2. The Bertz CT molecular complexity index is 850. The van der Waals surface area contributed by atoms with Crippen LogP contribution in [0.25, 0.3) is 0 Å². The average molecular weight is 376 g/mol. The van der Waals surface area contributed by atoms with Gasteiger partial charge in [0, 0.05) is 18.7 Å². The molecule has 0 atom stereocenters. The summed E-state index contributed by atoms with van der Waals surface area (Å²) >= 11 is 0. The fourth-order valence-corrected chi connectivity index (χ4v) is 3.46. The molecular weight excluding hydrogens is 352 g/mol. The first kappa shape index (κ1) is 19.9. The highest BCUT2D eigenvalue weighted by Gasteiger charge is 2.15. The normalized spacial score (nSPS) is 11.2. The Balaban J connectivity index is 2.01. The minimum atomic E-state index is -3.68. The van der Waals surface area contributed by atoms with Crippen LogP contribution in [0.1, 0.15) is 29.3 Å². The zero-order valence-corrected chi connectivity index (χ0v) is 15.8. The summed E-state index contributed by atoms with van der Waals surface area (Å²) in [6.07, 6.45) is 1.35. The second-order valence-corrected chi connectivity index (χ2v) is 7.55. The van der Waals surface area contributed by atoms with Crippen molar-refractivity contribution in [2.24, 2.45) is 0 Å². The van der Waals surface area contributed by atoms with E-state index in [0.29, 0.717) is 18.5 Å². The number of sulfonamides is 1. The third-order valence-corrected chi connectivity index (χ3v) is 5.24. The minimum Gasteiger partial charge on any atom is -0.497 e. The lowest BCUT2D eigenvalue weighted by molar-refractivity contribution is 0.0953. The van der Waals surface area contributed by atoms with Gasteiger partial charge in [-0.15, -0.1) is 0 Å². The Morgan fingerprint density at radius 1 is 1.08 bits per heavy atom. The highest BCUT2D eigenvalue weighted by molar-refractivity contribution is 7.89. The molecule has 1 amide bonds. The van der Waals surface area contributed by atoms with E-state index in [4.69, 9.17) is 4.74 Å². The zero-order chi connectivity index (χ0) is 19.0. The number of methoxy groups -OCH3 is 1. The molecule has 140 valence electrons. The fourth-order valence-electron chi connectivity index (χ4n) is 2.39. The van der Waals surface area contributed by atoms with Gasteiger partial charge in [0.05, 0.1) is 12.0 Å². The van der Waals surface area contributed by atoms with Gasteiger partial charge >= 0.3 is 0 Å². The molecule has 2 aromatic carbocycles. The number of hydrogen-bond acceptors (Lipinski definition) is 4. The number of rotatable bonds is 9. The van der Waals surface area contributed by atoms with Gasteiger partial charge in [-0.05, 0) is 48.7 Å². The predicted molar refractivity (Wildman–Crippen MR) is 101 cm³/mol. The summed E-state index contributed by atoms with van der Waals surface area (Å²) in [4.78, 5) is 12.1. The molecule has 0 radical (unpaired) electrons. The first-order valence-corrected chi connectivity index (χ1v) is 9.95. The van der Waals surface area contributed by atoms with Gasteiger partial charge in [-0.3, -0.25) is 4.79 Å². The van der Waals surface area contributed by atoms with Crippen molar-refractivity contribution in [2.75, 3.05) is 20.2 Å². The van der Waals surface area contributed by atoms with E-state index in [1.54, 1.807) is 19.2 Å². The van der Waals surface area contributed by atoms with E-state index in [-0.39, 0.29) is 17.3 Å². The number of hydrogen-bond donors (Lipinski definition) is 2. The van der Waals surface area contributed by atoms with Crippen molar-refractivity contribution in [3.05, 3.63) is 59.7 Å². The molecule has 2 aromatic rings. The molecule has 7 heteroatoms. The molecule has 2 rings (SSSR count). The summed E-state index contributed by atoms with van der Waals surface area (Å²) in [5.41, 5.74) is 1.30. The first-order chi connectivity index (χ1) is 12.5. The average Bonchev–Trinajstić information content (AvgIpc) is 2.66. The Hall–Kier alpha value is -2.38. The third kappa shape index (κ3) is 5.57. The molecule has 0 heterocycles. The molecule has 6 nitrogen and oxygen atoms in total. The van der Waals surface area contributed by atoms with Crippen LogP contribution in [0, 0.1) is 0 Å². The van der Waals surface area contributed by atoms with Gasteiger partial charge in [-0.2, -0.15) is 0 Å². The van der Waals surface area contributed by atoms with Crippen LogP contribution in [0.5, 0.6) is 5.75 Å². The second-order valence-electron chi connectivity index (χ2n) is 5.78. The topological polar surface area (TPSA) is 84.5 Å². The third-order valence-electron chi connectivity index (χ3n) is 3.78. The lowest BCUT2D eigenvalue weighted by Crippen LogP contribution is -2.27. The molecule has 0 unspecified atom stereocenters. The maximum Gasteiger partial charge on any atom is 0.251 e. The van der Waals surface area contributed by atoms with Gasteiger partial charge in [0.2, 0.25) is 10.0 Å². The zero-order valence-electron chi connectivity index (χ0n) is 15.0. The molecule has 0 saturated carbocycles. The van der Waals surface area contributed by atoms with Crippen molar-refractivity contribution in [2.45, 2.75) is 24.7 Å². The van der Waals surface area contributed by atoms with E-state index in [0.717, 1.165) is 17.7 Å². The van der Waals surface area contributed by atoms with Crippen LogP contribution < -0.4 is 14.8 Å². The molecule has 0 aromatic heterocycles. The highest BCUT2D eigenvalue weighted by atomic mass is 32.2.